The zero-order chi connectivity index (χ0) is 18.2. The van der Waals surface area contributed by atoms with E-state index in [-0.39, 0.29) is 5.41 Å². The molecule has 1 heterocycles. The largest absolute Gasteiger partial charge is 0.398 e. The number of unbranched alkanes of at least 4 members (excludes halogenated alkanes) is 2. The van der Waals surface area contributed by atoms with Crippen molar-refractivity contribution in [1.82, 2.24) is 14.8 Å². The lowest BCUT2D eigenvalue weighted by Crippen LogP contribution is -2.45. The summed E-state index contributed by atoms with van der Waals surface area (Å²) in [5.41, 5.74) is 8.80. The predicted molar refractivity (Wildman–Crippen MR) is 107 cm³/mol. The number of hydrogen-bond donors (Lipinski definition) is 1. The van der Waals surface area contributed by atoms with Gasteiger partial charge in [-0.15, -0.1) is 10.2 Å². The van der Waals surface area contributed by atoms with Crippen LogP contribution >= 0.6 is 0 Å². The minimum absolute atomic E-state index is 0.232. The Bertz CT molecular complexity index is 752. The molecule has 1 aromatic heterocycles. The number of rotatable bonds is 6. The summed E-state index contributed by atoms with van der Waals surface area (Å²) in [6, 6.07) is 7.97. The fourth-order valence-electron chi connectivity index (χ4n) is 5.45. The molecule has 0 spiro atoms. The van der Waals surface area contributed by atoms with Crippen molar-refractivity contribution >= 4 is 5.69 Å². The fourth-order valence-corrected chi connectivity index (χ4v) is 5.45. The van der Waals surface area contributed by atoms with Gasteiger partial charge in [0, 0.05) is 23.7 Å². The first kappa shape index (κ1) is 17.6. The van der Waals surface area contributed by atoms with Crippen molar-refractivity contribution in [3.05, 3.63) is 30.1 Å². The number of para-hydroxylation sites is 1. The molecule has 5 rings (SSSR count). The number of hydrogen-bond acceptors (Lipinski definition) is 3. The van der Waals surface area contributed by atoms with Gasteiger partial charge in [-0.2, -0.15) is 0 Å². The summed E-state index contributed by atoms with van der Waals surface area (Å²) in [5.74, 6) is 2.08. The van der Waals surface area contributed by atoms with Crippen LogP contribution in [0.3, 0.4) is 0 Å². The highest BCUT2D eigenvalue weighted by Gasteiger charge is 2.51. The first-order valence-corrected chi connectivity index (χ1v) is 10.3. The number of nitrogens with two attached hydrogens (primary N) is 1. The molecule has 2 N–H and O–H groups in total. The van der Waals surface area contributed by atoms with E-state index in [1.807, 2.05) is 24.3 Å². The monoisotopic (exact) mass is 352 g/mol. The summed E-state index contributed by atoms with van der Waals surface area (Å²) in [6.45, 7) is 2.30. The molecule has 4 heteroatoms. The third-order valence-electron chi connectivity index (χ3n) is 7.26. The van der Waals surface area contributed by atoms with Crippen LogP contribution in [0.1, 0.15) is 77.0 Å². The Morgan fingerprint density at radius 1 is 1.00 bits per heavy atom. The van der Waals surface area contributed by atoms with Crippen LogP contribution in [0.15, 0.2) is 24.3 Å². The van der Waals surface area contributed by atoms with Crippen molar-refractivity contribution in [3.63, 3.8) is 0 Å². The van der Waals surface area contributed by atoms with E-state index in [0.717, 1.165) is 17.1 Å². The van der Waals surface area contributed by atoms with Crippen LogP contribution in [0, 0.1) is 5.41 Å². The summed E-state index contributed by atoms with van der Waals surface area (Å²) in [7, 11) is 2.11. The van der Waals surface area contributed by atoms with E-state index in [9.17, 15) is 0 Å². The molecule has 0 atom stereocenters. The minimum Gasteiger partial charge on any atom is -0.398 e. The first-order valence-electron chi connectivity index (χ1n) is 10.3. The summed E-state index contributed by atoms with van der Waals surface area (Å²) in [4.78, 5) is 0. The van der Waals surface area contributed by atoms with Gasteiger partial charge in [-0.3, -0.25) is 0 Å². The van der Waals surface area contributed by atoms with Crippen molar-refractivity contribution in [3.8, 4) is 11.4 Å². The van der Waals surface area contributed by atoms with Crippen molar-refractivity contribution in [2.45, 2.75) is 76.5 Å². The molecule has 2 bridgehead atoms. The summed E-state index contributed by atoms with van der Waals surface area (Å²) in [5, 5.41) is 9.22. The molecular formula is C22H32N4. The van der Waals surface area contributed by atoms with Gasteiger partial charge in [0.15, 0.2) is 5.82 Å². The Labute approximate surface area is 157 Å². The summed E-state index contributed by atoms with van der Waals surface area (Å²) in [6.07, 6.45) is 13.5. The van der Waals surface area contributed by atoms with Gasteiger partial charge in [0.25, 0.3) is 0 Å². The van der Waals surface area contributed by atoms with Crippen LogP contribution in [-0.2, 0) is 12.5 Å². The standard InChI is InChI=1S/C22H32N4/c1-3-4-7-10-21-11-14-22(15-12-21,16-13-21)20-25-24-19(26(20)2)17-8-5-6-9-18(17)23/h5-6,8-9H,3-4,7,10-16,23H2,1-2H3. The highest BCUT2D eigenvalue weighted by Crippen LogP contribution is 2.59. The Balaban J connectivity index is 1.56. The maximum atomic E-state index is 6.18. The van der Waals surface area contributed by atoms with E-state index in [1.165, 1.54) is 70.0 Å². The Hall–Kier alpha value is -1.84. The van der Waals surface area contributed by atoms with E-state index in [2.05, 4.69) is 28.7 Å². The van der Waals surface area contributed by atoms with E-state index < -0.39 is 0 Å². The van der Waals surface area contributed by atoms with Crippen LogP contribution in [0.4, 0.5) is 5.69 Å². The molecule has 3 aliphatic rings. The number of fused-ring (bicyclic) bond motifs is 3. The number of nitrogens with zero attached hydrogens (tertiary/aromatic N) is 3. The number of aromatic nitrogens is 3. The van der Waals surface area contributed by atoms with Gasteiger partial charge in [-0.05, 0) is 62.5 Å². The van der Waals surface area contributed by atoms with Crippen molar-refractivity contribution in [1.29, 1.82) is 0 Å². The molecule has 140 valence electrons. The number of nitrogen functional groups attached to an aromatic ring is 1. The maximum Gasteiger partial charge on any atom is 0.165 e. The zero-order valence-electron chi connectivity index (χ0n) is 16.3. The van der Waals surface area contributed by atoms with Crippen LogP contribution in [0.25, 0.3) is 11.4 Å². The molecule has 3 saturated carbocycles. The SMILES string of the molecule is CCCCCC12CCC(c3nnc(-c4ccccc4N)n3C)(CC1)CC2. The summed E-state index contributed by atoms with van der Waals surface area (Å²) < 4.78 is 2.21. The van der Waals surface area contributed by atoms with Crippen molar-refractivity contribution in [2.75, 3.05) is 5.73 Å². The molecule has 26 heavy (non-hydrogen) atoms. The second-order valence-corrected chi connectivity index (χ2v) is 8.73. The lowest BCUT2D eigenvalue weighted by atomic mass is 9.52. The maximum absolute atomic E-state index is 6.18. The molecule has 3 fully saturated rings. The van der Waals surface area contributed by atoms with Crippen LogP contribution in [-0.4, -0.2) is 14.8 Å². The lowest BCUT2D eigenvalue weighted by Gasteiger charge is -2.53. The van der Waals surface area contributed by atoms with Crippen molar-refractivity contribution < 1.29 is 0 Å². The van der Waals surface area contributed by atoms with Crippen molar-refractivity contribution in [2.24, 2.45) is 12.5 Å². The summed E-state index contributed by atoms with van der Waals surface area (Å²) >= 11 is 0. The predicted octanol–water partition coefficient (Wildman–Crippen LogP) is 5.24. The van der Waals surface area contributed by atoms with Gasteiger partial charge >= 0.3 is 0 Å². The average molecular weight is 353 g/mol. The van der Waals surface area contributed by atoms with Gasteiger partial charge in [0.05, 0.1) is 0 Å². The van der Waals surface area contributed by atoms with Gasteiger partial charge in [0.1, 0.15) is 5.82 Å². The van der Waals surface area contributed by atoms with E-state index in [4.69, 9.17) is 5.73 Å². The quantitative estimate of drug-likeness (QED) is 0.571. The molecule has 0 saturated heterocycles. The lowest BCUT2D eigenvalue weighted by molar-refractivity contribution is 0.0250. The molecule has 2 aromatic rings. The van der Waals surface area contributed by atoms with E-state index in [0.29, 0.717) is 5.41 Å². The zero-order valence-corrected chi connectivity index (χ0v) is 16.3. The topological polar surface area (TPSA) is 56.7 Å². The van der Waals surface area contributed by atoms with Gasteiger partial charge in [0.2, 0.25) is 0 Å². The third-order valence-corrected chi connectivity index (χ3v) is 7.26. The smallest absolute Gasteiger partial charge is 0.165 e. The Morgan fingerprint density at radius 3 is 2.35 bits per heavy atom. The van der Waals surface area contributed by atoms with E-state index in [1.54, 1.807) is 0 Å². The first-order chi connectivity index (χ1) is 12.6. The van der Waals surface area contributed by atoms with Gasteiger partial charge in [-0.25, -0.2) is 0 Å². The molecular weight excluding hydrogens is 320 g/mol. The average Bonchev–Trinajstić information content (AvgIpc) is 3.06. The molecule has 0 aliphatic heterocycles. The van der Waals surface area contributed by atoms with Gasteiger partial charge < -0.3 is 10.3 Å². The Morgan fingerprint density at radius 2 is 1.69 bits per heavy atom. The van der Waals surface area contributed by atoms with Crippen LogP contribution in [0.2, 0.25) is 0 Å². The second kappa shape index (κ2) is 6.71. The normalized spacial score (nSPS) is 27.8. The highest BCUT2D eigenvalue weighted by atomic mass is 15.3. The third kappa shape index (κ3) is 2.83. The van der Waals surface area contributed by atoms with E-state index >= 15 is 0 Å². The molecule has 0 amide bonds. The molecule has 0 radical (unpaired) electrons. The molecule has 0 unspecified atom stereocenters. The van der Waals surface area contributed by atoms with Gasteiger partial charge in [-0.1, -0.05) is 38.3 Å². The molecule has 4 nitrogen and oxygen atoms in total. The van der Waals surface area contributed by atoms with Crippen LogP contribution < -0.4 is 5.73 Å². The molecule has 1 aromatic carbocycles. The van der Waals surface area contributed by atoms with Crippen LogP contribution in [0.5, 0.6) is 0 Å². The second-order valence-electron chi connectivity index (χ2n) is 8.73. The minimum atomic E-state index is 0.232. The number of anilines is 1. The molecule has 3 aliphatic carbocycles. The highest BCUT2D eigenvalue weighted by molar-refractivity contribution is 5.71. The Kier molecular flexibility index (Phi) is 4.54. The number of benzene rings is 1. The fraction of sp³-hybridized carbons (Fsp3) is 0.636.